The van der Waals surface area contributed by atoms with Crippen molar-refractivity contribution in [2.24, 2.45) is 0 Å². The highest BCUT2D eigenvalue weighted by molar-refractivity contribution is 5.81. The van der Waals surface area contributed by atoms with Gasteiger partial charge in [0.1, 0.15) is 6.61 Å². The highest BCUT2D eigenvalue weighted by atomic mass is 16.5. The van der Waals surface area contributed by atoms with Gasteiger partial charge in [-0.3, -0.25) is 15.0 Å². The van der Waals surface area contributed by atoms with Crippen LogP contribution >= 0.6 is 0 Å². The fourth-order valence-electron chi connectivity index (χ4n) is 1.75. The number of carbonyl (C=O) groups excluding carboxylic acids is 1. The molecule has 1 aliphatic heterocycles. The van der Waals surface area contributed by atoms with Gasteiger partial charge in [0, 0.05) is 32.3 Å². The van der Waals surface area contributed by atoms with E-state index < -0.39 is 11.9 Å². The first-order valence-electron chi connectivity index (χ1n) is 5.82. The van der Waals surface area contributed by atoms with Gasteiger partial charge in [-0.1, -0.05) is 6.58 Å². The van der Waals surface area contributed by atoms with E-state index in [2.05, 4.69) is 17.2 Å². The molecule has 1 unspecified atom stereocenters. The molecule has 1 atom stereocenters. The third-order valence-corrected chi connectivity index (χ3v) is 2.59. The van der Waals surface area contributed by atoms with Crippen molar-refractivity contribution in [2.75, 3.05) is 39.3 Å². The van der Waals surface area contributed by atoms with Crippen LogP contribution in [0, 0.1) is 0 Å². The molecule has 0 aromatic carbocycles. The molecule has 102 valence electrons. The van der Waals surface area contributed by atoms with E-state index in [1.807, 2.05) is 4.90 Å². The van der Waals surface area contributed by atoms with E-state index >= 15 is 0 Å². The van der Waals surface area contributed by atoms with Crippen LogP contribution < -0.4 is 10.6 Å². The maximum atomic E-state index is 10.8. The molecule has 0 radical (unpaired) electrons. The molecule has 0 aromatic heterocycles. The lowest BCUT2D eigenvalue weighted by atomic mass is 10.3. The molecule has 0 aromatic rings. The third-order valence-electron chi connectivity index (χ3n) is 2.59. The number of hydrogen-bond donors (Lipinski definition) is 3. The summed E-state index contributed by atoms with van der Waals surface area (Å²) in [5, 5.41) is 15.1. The van der Waals surface area contributed by atoms with E-state index in [1.165, 1.54) is 0 Å². The zero-order chi connectivity index (χ0) is 13.4. The molecule has 0 spiro atoms. The van der Waals surface area contributed by atoms with Gasteiger partial charge in [-0.2, -0.15) is 0 Å². The fraction of sp³-hybridized carbons (Fsp3) is 0.636. The zero-order valence-electron chi connectivity index (χ0n) is 10.2. The van der Waals surface area contributed by atoms with Crippen LogP contribution in [-0.2, 0) is 14.3 Å². The van der Waals surface area contributed by atoms with Crippen LogP contribution in [0.4, 0.5) is 0 Å². The Morgan fingerprint density at radius 2 is 2.39 bits per heavy atom. The summed E-state index contributed by atoms with van der Waals surface area (Å²) in [6, 6.07) is 0. The number of nitrogens with zero attached hydrogens (tertiary/aromatic N) is 1. The number of nitrogens with one attached hydrogen (secondary N) is 2. The van der Waals surface area contributed by atoms with Gasteiger partial charge in [-0.15, -0.1) is 0 Å². The summed E-state index contributed by atoms with van der Waals surface area (Å²) in [6.45, 7) is 6.13. The monoisotopic (exact) mass is 257 g/mol. The Bertz CT molecular complexity index is 309. The molecule has 0 bridgehead atoms. The number of carboxylic acids is 1. The first-order chi connectivity index (χ1) is 8.63. The Morgan fingerprint density at radius 1 is 1.61 bits per heavy atom. The molecule has 1 saturated heterocycles. The Kier molecular flexibility index (Phi) is 6.34. The average Bonchev–Trinajstić information content (AvgIpc) is 2.35. The predicted molar refractivity (Wildman–Crippen MR) is 65.0 cm³/mol. The lowest BCUT2D eigenvalue weighted by molar-refractivity contribution is -0.139. The van der Waals surface area contributed by atoms with Crippen molar-refractivity contribution in [3.63, 3.8) is 0 Å². The van der Waals surface area contributed by atoms with E-state index in [0.717, 1.165) is 12.6 Å². The van der Waals surface area contributed by atoms with Crippen molar-refractivity contribution >= 4 is 11.9 Å². The number of carboxylic acid groups (broad SMARTS) is 1. The Balaban J connectivity index is 2.26. The quantitative estimate of drug-likeness (QED) is 0.294. The topological polar surface area (TPSA) is 90.9 Å². The lowest BCUT2D eigenvalue weighted by Crippen LogP contribution is -2.59. The van der Waals surface area contributed by atoms with E-state index in [1.54, 1.807) is 0 Å². The Labute approximate surface area is 106 Å². The van der Waals surface area contributed by atoms with Crippen LogP contribution in [-0.4, -0.2) is 67.4 Å². The van der Waals surface area contributed by atoms with Crippen LogP contribution in [0.5, 0.6) is 0 Å². The summed E-state index contributed by atoms with van der Waals surface area (Å²) < 4.78 is 4.82. The zero-order valence-corrected chi connectivity index (χ0v) is 10.2. The summed E-state index contributed by atoms with van der Waals surface area (Å²) in [5.74, 6) is -1.30. The second-order valence-corrected chi connectivity index (χ2v) is 3.91. The molecule has 1 heterocycles. The van der Waals surface area contributed by atoms with Crippen molar-refractivity contribution in [1.29, 1.82) is 0 Å². The second-order valence-electron chi connectivity index (χ2n) is 3.91. The maximum Gasteiger partial charge on any atom is 0.330 e. The van der Waals surface area contributed by atoms with Gasteiger partial charge in [0.15, 0.2) is 0 Å². The summed E-state index contributed by atoms with van der Waals surface area (Å²) in [7, 11) is 0. The van der Waals surface area contributed by atoms with Crippen LogP contribution in [0.25, 0.3) is 0 Å². The molecule has 18 heavy (non-hydrogen) atoms. The number of hydrogen-bond acceptors (Lipinski definition) is 6. The minimum atomic E-state index is -0.846. The van der Waals surface area contributed by atoms with Gasteiger partial charge >= 0.3 is 11.9 Å². The summed E-state index contributed by atoms with van der Waals surface area (Å²) in [4.78, 5) is 23.3. The molecule has 7 heteroatoms. The minimum Gasteiger partial charge on any atom is -0.480 e. The molecule has 7 nitrogen and oxygen atoms in total. The molecular formula is C11H19N3O4. The second kappa shape index (κ2) is 7.80. The fourth-order valence-corrected chi connectivity index (χ4v) is 1.75. The van der Waals surface area contributed by atoms with Gasteiger partial charge < -0.3 is 15.2 Å². The largest absolute Gasteiger partial charge is 0.480 e. The van der Waals surface area contributed by atoms with E-state index in [4.69, 9.17) is 9.84 Å². The van der Waals surface area contributed by atoms with Crippen LogP contribution in [0.3, 0.4) is 0 Å². The average molecular weight is 257 g/mol. The van der Waals surface area contributed by atoms with E-state index in [9.17, 15) is 9.59 Å². The van der Waals surface area contributed by atoms with Gasteiger partial charge in [0.05, 0.1) is 12.7 Å². The maximum absolute atomic E-state index is 10.8. The van der Waals surface area contributed by atoms with Crippen molar-refractivity contribution in [2.45, 2.75) is 6.17 Å². The Morgan fingerprint density at radius 3 is 3.06 bits per heavy atom. The normalized spacial score (nSPS) is 20.3. The highest BCUT2D eigenvalue weighted by Crippen LogP contribution is 1.99. The smallest absolute Gasteiger partial charge is 0.330 e. The number of esters is 1. The van der Waals surface area contributed by atoms with Gasteiger partial charge in [0.2, 0.25) is 0 Å². The molecule has 3 N–H and O–H groups in total. The number of ether oxygens (including phenoxy) is 1. The third kappa shape index (κ3) is 5.26. The van der Waals surface area contributed by atoms with Crippen LogP contribution in [0.1, 0.15) is 0 Å². The van der Waals surface area contributed by atoms with E-state index in [-0.39, 0.29) is 19.3 Å². The van der Waals surface area contributed by atoms with Crippen LogP contribution in [0.15, 0.2) is 12.7 Å². The van der Waals surface area contributed by atoms with Gasteiger partial charge in [-0.05, 0) is 0 Å². The predicted octanol–water partition coefficient (Wildman–Crippen LogP) is -1.38. The molecular weight excluding hydrogens is 238 g/mol. The van der Waals surface area contributed by atoms with Gasteiger partial charge in [0.25, 0.3) is 0 Å². The van der Waals surface area contributed by atoms with Crippen molar-refractivity contribution < 1.29 is 19.4 Å². The number of aliphatic carboxylic acids is 1. The summed E-state index contributed by atoms with van der Waals surface area (Å²) >= 11 is 0. The SMILES string of the molecule is C=CC(=O)OCCNC1CNCCN1CC(=O)O. The minimum absolute atomic E-state index is 0.00575. The molecule has 0 aliphatic carbocycles. The molecule has 1 rings (SSSR count). The molecule has 1 aliphatic rings. The highest BCUT2D eigenvalue weighted by Gasteiger charge is 2.23. The number of rotatable bonds is 7. The lowest BCUT2D eigenvalue weighted by Gasteiger charge is -2.35. The summed E-state index contributed by atoms with van der Waals surface area (Å²) in [5.41, 5.74) is 0. The van der Waals surface area contributed by atoms with E-state index in [0.29, 0.717) is 19.6 Å². The number of piperazine rings is 1. The van der Waals surface area contributed by atoms with Crippen LogP contribution in [0.2, 0.25) is 0 Å². The first-order valence-corrected chi connectivity index (χ1v) is 5.82. The molecule has 0 saturated carbocycles. The first kappa shape index (κ1) is 14.6. The Hall–Kier alpha value is -1.44. The van der Waals surface area contributed by atoms with Crippen molar-refractivity contribution in [3.05, 3.63) is 12.7 Å². The standard InChI is InChI=1S/C11H19N3O4/c1-2-11(17)18-6-4-13-9-7-12-3-5-14(9)8-10(15)16/h2,9,12-13H,1,3-8H2,(H,15,16). The number of carbonyl (C=O) groups is 2. The summed E-state index contributed by atoms with van der Waals surface area (Å²) in [6.07, 6.45) is 1.05. The van der Waals surface area contributed by atoms with Gasteiger partial charge in [-0.25, -0.2) is 4.79 Å². The molecule has 0 amide bonds. The molecule has 1 fully saturated rings. The van der Waals surface area contributed by atoms with Crippen molar-refractivity contribution in [3.8, 4) is 0 Å². The van der Waals surface area contributed by atoms with Crippen molar-refractivity contribution in [1.82, 2.24) is 15.5 Å².